The van der Waals surface area contributed by atoms with Gasteiger partial charge in [-0.2, -0.15) is 0 Å². The van der Waals surface area contributed by atoms with Crippen LogP contribution in [0.3, 0.4) is 0 Å². The molecule has 2 aromatic heterocycles. The van der Waals surface area contributed by atoms with Crippen molar-refractivity contribution in [2.24, 2.45) is 0 Å². The number of hydrogen-bond donors (Lipinski definition) is 2. The lowest BCUT2D eigenvalue weighted by Crippen LogP contribution is -1.96. The van der Waals surface area contributed by atoms with E-state index >= 15 is 0 Å². The van der Waals surface area contributed by atoms with Gasteiger partial charge in [-0.05, 0) is 65.6 Å². The molecule has 0 saturated carbocycles. The van der Waals surface area contributed by atoms with Crippen molar-refractivity contribution in [1.82, 2.24) is 9.97 Å². The molecule has 5 heteroatoms. The molecule has 0 aliphatic heterocycles. The lowest BCUT2D eigenvalue weighted by Gasteiger charge is -1.95. The monoisotopic (exact) mass is 392 g/mol. The van der Waals surface area contributed by atoms with E-state index in [2.05, 4.69) is 25.9 Å². The zero-order valence-corrected chi connectivity index (χ0v) is 14.7. The average molecular weight is 393 g/mol. The number of aromatic nitrogens is 2. The first-order valence-corrected chi connectivity index (χ1v) is 9.04. The maximum Gasteiger partial charge on any atom is 0.164 e. The second-order valence-electron chi connectivity index (χ2n) is 6.15. The molecule has 0 unspecified atom stereocenters. The molecule has 2 aliphatic rings. The number of aromatic amines is 2. The Labute approximate surface area is 151 Å². The predicted molar refractivity (Wildman–Crippen MR) is 99.8 cm³/mol. The number of ketones is 2. The number of fused-ring (bicyclic) bond motifs is 2. The van der Waals surface area contributed by atoms with Gasteiger partial charge in [0.25, 0.3) is 0 Å². The summed E-state index contributed by atoms with van der Waals surface area (Å²) < 4.78 is 0.979. The van der Waals surface area contributed by atoms with Gasteiger partial charge in [-0.3, -0.25) is 9.59 Å². The molecule has 2 aromatic rings. The van der Waals surface area contributed by atoms with Gasteiger partial charge in [0.15, 0.2) is 11.6 Å². The summed E-state index contributed by atoms with van der Waals surface area (Å²) in [6, 6.07) is 0. The van der Waals surface area contributed by atoms with Crippen LogP contribution < -0.4 is 0 Å². The highest BCUT2D eigenvalue weighted by atomic mass is 79.9. The summed E-state index contributed by atoms with van der Waals surface area (Å²) in [5.41, 5.74) is 4.17. The average Bonchev–Trinajstić information content (AvgIpc) is 3.06. The molecule has 0 radical (unpaired) electrons. The maximum atomic E-state index is 11.5. The first kappa shape index (κ1) is 18.7. The van der Waals surface area contributed by atoms with Crippen molar-refractivity contribution in [2.75, 3.05) is 0 Å². The van der Waals surface area contributed by atoms with Crippen LogP contribution in [-0.2, 0) is 12.8 Å². The van der Waals surface area contributed by atoms with Crippen molar-refractivity contribution in [3.05, 3.63) is 45.4 Å². The molecule has 0 bridgehead atoms. The summed E-state index contributed by atoms with van der Waals surface area (Å²) in [6.45, 7) is 0. The second-order valence-corrected chi connectivity index (χ2v) is 6.94. The van der Waals surface area contributed by atoms with E-state index in [1.165, 1.54) is 5.56 Å². The molecular formula is C19H25BrN2O2. The third-order valence-electron chi connectivity index (χ3n) is 4.55. The fraction of sp³-hybridized carbons (Fsp3) is 0.474. The third-order valence-corrected chi connectivity index (χ3v) is 5.25. The van der Waals surface area contributed by atoms with Crippen LogP contribution in [-0.4, -0.2) is 21.5 Å². The van der Waals surface area contributed by atoms with Crippen LogP contribution in [0.5, 0.6) is 0 Å². The Bertz CT molecular complexity index is 715. The van der Waals surface area contributed by atoms with E-state index in [0.717, 1.165) is 66.2 Å². The van der Waals surface area contributed by atoms with Crippen LogP contribution in [0, 0.1) is 0 Å². The van der Waals surface area contributed by atoms with Crippen LogP contribution in [0.2, 0.25) is 0 Å². The number of carbonyl (C=O) groups is 2. The van der Waals surface area contributed by atoms with Gasteiger partial charge >= 0.3 is 0 Å². The summed E-state index contributed by atoms with van der Waals surface area (Å²) in [6.07, 6.45) is 13.4. The van der Waals surface area contributed by atoms with Crippen molar-refractivity contribution in [3.8, 4) is 0 Å². The number of H-pyrrole nitrogens is 2. The molecule has 0 fully saturated rings. The highest BCUT2D eigenvalue weighted by molar-refractivity contribution is 9.10. The number of halogens is 1. The molecule has 0 amide bonds. The molecule has 2 aliphatic carbocycles. The minimum absolute atomic E-state index is 0. The molecule has 2 N–H and O–H groups in total. The summed E-state index contributed by atoms with van der Waals surface area (Å²) >= 11 is 3.41. The molecule has 0 saturated heterocycles. The number of carbonyl (C=O) groups excluding carboxylic acids is 2. The van der Waals surface area contributed by atoms with Crippen LogP contribution in [0.1, 0.15) is 77.8 Å². The lowest BCUT2D eigenvalue weighted by atomic mass is 10.1. The lowest BCUT2D eigenvalue weighted by molar-refractivity contribution is 0.0974. The van der Waals surface area contributed by atoms with E-state index in [1.54, 1.807) is 0 Å². The molecular weight excluding hydrogens is 368 g/mol. The Balaban J connectivity index is 0.000000167. The molecule has 130 valence electrons. The SMILES string of the molecule is C.O=C1CCCCc2c1c[nH]c2Br.O=C1CCCCc2c[nH]cc21. The Morgan fingerprint density at radius 3 is 2.17 bits per heavy atom. The van der Waals surface area contributed by atoms with Gasteiger partial charge in [-0.1, -0.05) is 7.43 Å². The highest BCUT2D eigenvalue weighted by Gasteiger charge is 2.18. The first-order chi connectivity index (χ1) is 11.2. The number of Topliss-reactive ketones (excluding diaryl/α,β-unsaturated/α-hetero) is 2. The second kappa shape index (κ2) is 8.47. The normalized spacial score (nSPS) is 16.7. The molecule has 4 rings (SSSR count). The van der Waals surface area contributed by atoms with Gasteiger partial charge < -0.3 is 9.97 Å². The van der Waals surface area contributed by atoms with Gasteiger partial charge in [0.05, 0.1) is 4.60 Å². The van der Waals surface area contributed by atoms with Crippen LogP contribution >= 0.6 is 15.9 Å². The fourth-order valence-electron chi connectivity index (χ4n) is 3.24. The minimum Gasteiger partial charge on any atom is -0.367 e. The molecule has 0 atom stereocenters. The van der Waals surface area contributed by atoms with Crippen LogP contribution in [0.4, 0.5) is 0 Å². The summed E-state index contributed by atoms with van der Waals surface area (Å²) in [5, 5.41) is 0. The molecule has 0 aromatic carbocycles. The largest absolute Gasteiger partial charge is 0.367 e. The van der Waals surface area contributed by atoms with Crippen molar-refractivity contribution in [3.63, 3.8) is 0 Å². The summed E-state index contributed by atoms with van der Waals surface area (Å²) in [5.74, 6) is 0.586. The van der Waals surface area contributed by atoms with Gasteiger partial charge in [-0.15, -0.1) is 0 Å². The van der Waals surface area contributed by atoms with Gasteiger partial charge in [0.1, 0.15) is 0 Å². The van der Waals surface area contributed by atoms with Gasteiger partial charge in [-0.25, -0.2) is 0 Å². The molecule has 4 nitrogen and oxygen atoms in total. The summed E-state index contributed by atoms with van der Waals surface area (Å²) in [7, 11) is 0. The standard InChI is InChI=1S/C9H10BrNO.C9H11NO.CH4/c10-9-6-3-1-2-4-8(12)7(6)5-11-9;11-9-4-2-1-3-7-5-10-6-8(7)9;/h5,11H,1-4H2;5-6,10H,1-4H2;1H4. The van der Waals surface area contributed by atoms with E-state index in [4.69, 9.17) is 0 Å². The zero-order chi connectivity index (χ0) is 16.2. The number of rotatable bonds is 0. The Morgan fingerprint density at radius 2 is 1.42 bits per heavy atom. The zero-order valence-electron chi connectivity index (χ0n) is 13.1. The van der Waals surface area contributed by atoms with E-state index in [9.17, 15) is 9.59 Å². The van der Waals surface area contributed by atoms with Crippen molar-refractivity contribution in [2.45, 2.75) is 58.8 Å². The van der Waals surface area contributed by atoms with E-state index in [1.807, 2.05) is 18.6 Å². The van der Waals surface area contributed by atoms with Gasteiger partial charge in [0.2, 0.25) is 0 Å². The molecule has 24 heavy (non-hydrogen) atoms. The maximum absolute atomic E-state index is 11.5. The quantitative estimate of drug-likeness (QED) is 0.601. The van der Waals surface area contributed by atoms with Crippen LogP contribution in [0.25, 0.3) is 0 Å². The topological polar surface area (TPSA) is 65.7 Å². The van der Waals surface area contributed by atoms with E-state index < -0.39 is 0 Å². The predicted octanol–water partition coefficient (Wildman–Crippen LogP) is 5.25. The fourth-order valence-corrected chi connectivity index (χ4v) is 3.77. The number of hydrogen-bond acceptors (Lipinski definition) is 2. The number of nitrogens with one attached hydrogen (secondary N) is 2. The Morgan fingerprint density at radius 1 is 0.792 bits per heavy atom. The van der Waals surface area contributed by atoms with Crippen molar-refractivity contribution < 1.29 is 9.59 Å². The summed E-state index contributed by atoms with van der Waals surface area (Å²) in [4.78, 5) is 28.8. The van der Waals surface area contributed by atoms with E-state index in [-0.39, 0.29) is 13.2 Å². The molecule has 0 spiro atoms. The highest BCUT2D eigenvalue weighted by Crippen LogP contribution is 2.26. The first-order valence-electron chi connectivity index (χ1n) is 8.24. The van der Waals surface area contributed by atoms with Crippen LogP contribution in [0.15, 0.2) is 23.2 Å². The Kier molecular flexibility index (Phi) is 6.60. The van der Waals surface area contributed by atoms with Crippen molar-refractivity contribution >= 4 is 27.5 Å². The minimum atomic E-state index is 0. The van der Waals surface area contributed by atoms with Crippen molar-refractivity contribution in [1.29, 1.82) is 0 Å². The third kappa shape index (κ3) is 4.07. The molecule has 2 heterocycles. The smallest absolute Gasteiger partial charge is 0.164 e. The number of aryl methyl sites for hydroxylation is 1. The van der Waals surface area contributed by atoms with E-state index in [0.29, 0.717) is 12.2 Å². The van der Waals surface area contributed by atoms with Gasteiger partial charge in [0, 0.05) is 42.6 Å². The Hall–Kier alpha value is -1.62.